The molecule has 0 bridgehead atoms. The number of piperazine rings is 1. The third kappa shape index (κ3) is 3.78. The first-order chi connectivity index (χ1) is 12.1. The Morgan fingerprint density at radius 2 is 1.60 bits per heavy atom. The SMILES string of the molecule is COc1ccccc1C(=O)N1CCN(c2ccc(C(C)C)cc2)CC1. The molecule has 132 valence electrons. The van der Waals surface area contributed by atoms with Crippen molar-refractivity contribution in [3.8, 4) is 5.75 Å². The monoisotopic (exact) mass is 338 g/mol. The summed E-state index contributed by atoms with van der Waals surface area (Å²) in [6.07, 6.45) is 0. The van der Waals surface area contributed by atoms with Crippen LogP contribution in [0.5, 0.6) is 5.75 Å². The van der Waals surface area contributed by atoms with Gasteiger partial charge in [-0.25, -0.2) is 0 Å². The molecule has 2 aromatic carbocycles. The molecule has 2 aromatic rings. The van der Waals surface area contributed by atoms with E-state index in [1.165, 1.54) is 11.3 Å². The third-order valence-electron chi connectivity index (χ3n) is 4.83. The van der Waals surface area contributed by atoms with E-state index in [1.54, 1.807) is 7.11 Å². The van der Waals surface area contributed by atoms with Gasteiger partial charge in [0.05, 0.1) is 12.7 Å². The van der Waals surface area contributed by atoms with E-state index in [9.17, 15) is 4.79 Å². The number of para-hydroxylation sites is 1. The molecule has 0 radical (unpaired) electrons. The lowest BCUT2D eigenvalue weighted by Gasteiger charge is -2.36. The Morgan fingerprint density at radius 1 is 0.960 bits per heavy atom. The summed E-state index contributed by atoms with van der Waals surface area (Å²) in [4.78, 5) is 17.0. The summed E-state index contributed by atoms with van der Waals surface area (Å²) in [5, 5.41) is 0. The normalized spacial score (nSPS) is 14.7. The highest BCUT2D eigenvalue weighted by atomic mass is 16.5. The molecule has 3 rings (SSSR count). The molecule has 1 aliphatic rings. The fourth-order valence-electron chi connectivity index (χ4n) is 3.23. The van der Waals surface area contributed by atoms with Crippen LogP contribution in [0.15, 0.2) is 48.5 Å². The zero-order valence-corrected chi connectivity index (χ0v) is 15.2. The fourth-order valence-corrected chi connectivity index (χ4v) is 3.23. The average molecular weight is 338 g/mol. The van der Waals surface area contributed by atoms with Gasteiger partial charge in [-0.15, -0.1) is 0 Å². The van der Waals surface area contributed by atoms with Crippen LogP contribution >= 0.6 is 0 Å². The highest BCUT2D eigenvalue weighted by Crippen LogP contribution is 2.23. The molecule has 0 atom stereocenters. The molecule has 0 spiro atoms. The molecular weight excluding hydrogens is 312 g/mol. The Hall–Kier alpha value is -2.49. The van der Waals surface area contributed by atoms with Crippen molar-refractivity contribution in [3.05, 3.63) is 59.7 Å². The predicted molar refractivity (Wildman–Crippen MR) is 102 cm³/mol. The van der Waals surface area contributed by atoms with Gasteiger partial charge in [-0.2, -0.15) is 0 Å². The molecule has 0 N–H and O–H groups in total. The maximum Gasteiger partial charge on any atom is 0.257 e. The Bertz CT molecular complexity index is 717. The highest BCUT2D eigenvalue weighted by Gasteiger charge is 2.24. The number of carbonyl (C=O) groups excluding carboxylic acids is 1. The van der Waals surface area contributed by atoms with E-state index < -0.39 is 0 Å². The number of nitrogens with zero attached hydrogens (tertiary/aromatic N) is 2. The second kappa shape index (κ2) is 7.60. The molecule has 1 saturated heterocycles. The smallest absolute Gasteiger partial charge is 0.257 e. The molecule has 25 heavy (non-hydrogen) atoms. The average Bonchev–Trinajstić information content (AvgIpc) is 2.67. The van der Waals surface area contributed by atoms with E-state index in [1.807, 2.05) is 29.2 Å². The van der Waals surface area contributed by atoms with Crippen LogP contribution in [0.25, 0.3) is 0 Å². The molecule has 4 heteroatoms. The van der Waals surface area contributed by atoms with Crippen molar-refractivity contribution in [2.45, 2.75) is 19.8 Å². The van der Waals surface area contributed by atoms with Gasteiger partial charge in [0.15, 0.2) is 0 Å². The molecule has 1 fully saturated rings. The Morgan fingerprint density at radius 3 is 2.20 bits per heavy atom. The predicted octanol–water partition coefficient (Wildman–Crippen LogP) is 3.78. The van der Waals surface area contributed by atoms with E-state index in [4.69, 9.17) is 4.74 Å². The maximum absolute atomic E-state index is 12.8. The van der Waals surface area contributed by atoms with Crippen molar-refractivity contribution in [1.29, 1.82) is 0 Å². The number of ether oxygens (including phenoxy) is 1. The molecule has 4 nitrogen and oxygen atoms in total. The minimum absolute atomic E-state index is 0.0484. The van der Waals surface area contributed by atoms with Crippen molar-refractivity contribution in [2.75, 3.05) is 38.2 Å². The van der Waals surface area contributed by atoms with Gasteiger partial charge in [-0.1, -0.05) is 38.1 Å². The van der Waals surface area contributed by atoms with Crippen molar-refractivity contribution in [2.24, 2.45) is 0 Å². The summed E-state index contributed by atoms with van der Waals surface area (Å²) in [6.45, 7) is 7.56. The van der Waals surface area contributed by atoms with Gasteiger partial charge in [-0.05, 0) is 35.7 Å². The van der Waals surface area contributed by atoms with Crippen LogP contribution < -0.4 is 9.64 Å². The van der Waals surface area contributed by atoms with E-state index in [2.05, 4.69) is 43.0 Å². The minimum atomic E-state index is 0.0484. The lowest BCUT2D eigenvalue weighted by molar-refractivity contribution is 0.0743. The van der Waals surface area contributed by atoms with Gasteiger partial charge < -0.3 is 14.5 Å². The van der Waals surface area contributed by atoms with Crippen LogP contribution in [-0.4, -0.2) is 44.1 Å². The highest BCUT2D eigenvalue weighted by molar-refractivity contribution is 5.97. The standard InChI is InChI=1S/C21H26N2O2/c1-16(2)17-8-10-18(11-9-17)22-12-14-23(15-13-22)21(24)19-6-4-5-7-20(19)25-3/h4-11,16H,12-15H2,1-3H3. The largest absolute Gasteiger partial charge is 0.496 e. The molecule has 0 aromatic heterocycles. The summed E-state index contributed by atoms with van der Waals surface area (Å²) in [5.74, 6) is 1.23. The van der Waals surface area contributed by atoms with Crippen LogP contribution in [0.3, 0.4) is 0 Å². The van der Waals surface area contributed by atoms with Crippen LogP contribution in [0.4, 0.5) is 5.69 Å². The lowest BCUT2D eigenvalue weighted by atomic mass is 10.0. The Kier molecular flexibility index (Phi) is 5.27. The fraction of sp³-hybridized carbons (Fsp3) is 0.381. The quantitative estimate of drug-likeness (QED) is 0.850. The van der Waals surface area contributed by atoms with Crippen LogP contribution in [0, 0.1) is 0 Å². The van der Waals surface area contributed by atoms with Gasteiger partial charge in [-0.3, -0.25) is 4.79 Å². The van der Waals surface area contributed by atoms with E-state index in [0.717, 1.165) is 26.2 Å². The Labute approximate surface area is 150 Å². The van der Waals surface area contributed by atoms with Gasteiger partial charge in [0.25, 0.3) is 5.91 Å². The number of benzene rings is 2. The number of rotatable bonds is 4. The second-order valence-corrected chi connectivity index (χ2v) is 6.73. The van der Waals surface area contributed by atoms with E-state index in [0.29, 0.717) is 17.2 Å². The van der Waals surface area contributed by atoms with Gasteiger partial charge >= 0.3 is 0 Å². The number of carbonyl (C=O) groups is 1. The maximum atomic E-state index is 12.8. The first-order valence-electron chi connectivity index (χ1n) is 8.87. The van der Waals surface area contributed by atoms with Gasteiger partial charge in [0, 0.05) is 31.9 Å². The second-order valence-electron chi connectivity index (χ2n) is 6.73. The van der Waals surface area contributed by atoms with Crippen molar-refractivity contribution >= 4 is 11.6 Å². The van der Waals surface area contributed by atoms with E-state index in [-0.39, 0.29) is 5.91 Å². The number of anilines is 1. The number of methoxy groups -OCH3 is 1. The molecule has 0 saturated carbocycles. The number of hydrogen-bond donors (Lipinski definition) is 0. The van der Waals surface area contributed by atoms with Crippen LogP contribution in [0.2, 0.25) is 0 Å². The zero-order chi connectivity index (χ0) is 17.8. The lowest BCUT2D eigenvalue weighted by Crippen LogP contribution is -2.48. The van der Waals surface area contributed by atoms with E-state index >= 15 is 0 Å². The molecule has 1 heterocycles. The topological polar surface area (TPSA) is 32.8 Å². The van der Waals surface area contributed by atoms with Crippen LogP contribution in [-0.2, 0) is 0 Å². The summed E-state index contributed by atoms with van der Waals surface area (Å²) >= 11 is 0. The molecular formula is C21H26N2O2. The molecule has 1 amide bonds. The van der Waals surface area contributed by atoms with Crippen molar-refractivity contribution < 1.29 is 9.53 Å². The first-order valence-corrected chi connectivity index (χ1v) is 8.87. The van der Waals surface area contributed by atoms with Crippen molar-refractivity contribution in [1.82, 2.24) is 4.90 Å². The molecule has 0 aliphatic carbocycles. The summed E-state index contributed by atoms with van der Waals surface area (Å²) in [6, 6.07) is 16.2. The number of amides is 1. The Balaban J connectivity index is 1.64. The summed E-state index contributed by atoms with van der Waals surface area (Å²) < 4.78 is 5.32. The molecule has 0 unspecified atom stereocenters. The first kappa shape index (κ1) is 17.3. The number of hydrogen-bond acceptors (Lipinski definition) is 3. The minimum Gasteiger partial charge on any atom is -0.496 e. The summed E-state index contributed by atoms with van der Waals surface area (Å²) in [5.41, 5.74) is 3.22. The van der Waals surface area contributed by atoms with Gasteiger partial charge in [0.2, 0.25) is 0 Å². The zero-order valence-electron chi connectivity index (χ0n) is 15.2. The van der Waals surface area contributed by atoms with Crippen molar-refractivity contribution in [3.63, 3.8) is 0 Å². The summed E-state index contributed by atoms with van der Waals surface area (Å²) in [7, 11) is 1.60. The molecule has 1 aliphatic heterocycles. The van der Waals surface area contributed by atoms with Gasteiger partial charge in [0.1, 0.15) is 5.75 Å². The third-order valence-corrected chi connectivity index (χ3v) is 4.83. The van der Waals surface area contributed by atoms with Crippen LogP contribution in [0.1, 0.15) is 35.7 Å².